The Balaban J connectivity index is 1.71. The van der Waals surface area contributed by atoms with E-state index in [1.165, 1.54) is 24.0 Å². The lowest BCUT2D eigenvalue weighted by atomic mass is 9.99. The summed E-state index contributed by atoms with van der Waals surface area (Å²) in [4.78, 5) is 0. The van der Waals surface area contributed by atoms with Crippen molar-refractivity contribution in [2.75, 3.05) is 13.2 Å². The maximum atomic E-state index is 6.47. The SMILES string of the molecule is CC(C)(C)[Si](C)(C)OCc1ccccc1C(OCC1CO1)C1CC1. The molecule has 134 valence electrons. The molecule has 1 aromatic rings. The van der Waals surface area contributed by atoms with Gasteiger partial charge in [-0.1, -0.05) is 45.0 Å². The van der Waals surface area contributed by atoms with Crippen molar-refractivity contribution in [1.29, 1.82) is 0 Å². The first-order valence-electron chi connectivity index (χ1n) is 9.23. The van der Waals surface area contributed by atoms with Crippen LogP contribution in [-0.4, -0.2) is 27.6 Å². The zero-order valence-corrected chi connectivity index (χ0v) is 16.8. The number of epoxide rings is 1. The monoisotopic (exact) mass is 348 g/mol. The van der Waals surface area contributed by atoms with Crippen LogP contribution >= 0.6 is 0 Å². The van der Waals surface area contributed by atoms with Crippen LogP contribution in [0.15, 0.2) is 24.3 Å². The maximum Gasteiger partial charge on any atom is 0.192 e. The molecular weight excluding hydrogens is 316 g/mol. The van der Waals surface area contributed by atoms with Crippen molar-refractivity contribution in [2.24, 2.45) is 5.92 Å². The molecule has 0 spiro atoms. The number of rotatable bonds is 8. The fraction of sp³-hybridized carbons (Fsp3) is 0.700. The van der Waals surface area contributed by atoms with Gasteiger partial charge in [-0.2, -0.15) is 0 Å². The summed E-state index contributed by atoms with van der Waals surface area (Å²) in [5.41, 5.74) is 2.61. The Hall–Kier alpha value is -0.683. The summed E-state index contributed by atoms with van der Waals surface area (Å²) in [5.74, 6) is 0.665. The molecule has 1 aliphatic carbocycles. The van der Waals surface area contributed by atoms with Crippen molar-refractivity contribution in [1.82, 2.24) is 0 Å². The van der Waals surface area contributed by atoms with E-state index in [1.807, 2.05) is 0 Å². The van der Waals surface area contributed by atoms with E-state index < -0.39 is 8.32 Å². The van der Waals surface area contributed by atoms with Gasteiger partial charge in [-0.05, 0) is 48.0 Å². The van der Waals surface area contributed by atoms with E-state index in [9.17, 15) is 0 Å². The molecule has 1 saturated carbocycles. The molecule has 1 heterocycles. The zero-order chi connectivity index (χ0) is 17.4. The molecule has 1 aromatic carbocycles. The van der Waals surface area contributed by atoms with Crippen LogP contribution in [0.2, 0.25) is 18.1 Å². The van der Waals surface area contributed by atoms with E-state index in [1.54, 1.807) is 0 Å². The van der Waals surface area contributed by atoms with E-state index in [4.69, 9.17) is 13.9 Å². The van der Waals surface area contributed by atoms with Crippen LogP contribution in [0.5, 0.6) is 0 Å². The third kappa shape index (κ3) is 4.48. The number of hydrogen-bond donors (Lipinski definition) is 0. The van der Waals surface area contributed by atoms with Gasteiger partial charge in [0.2, 0.25) is 0 Å². The van der Waals surface area contributed by atoms with Gasteiger partial charge in [0.05, 0.1) is 25.9 Å². The van der Waals surface area contributed by atoms with E-state index in [0.717, 1.165) is 13.2 Å². The second kappa shape index (κ2) is 6.91. The lowest BCUT2D eigenvalue weighted by Gasteiger charge is -2.36. The molecule has 4 heteroatoms. The molecular formula is C20H32O3Si. The molecule has 0 bridgehead atoms. The number of ether oxygens (including phenoxy) is 2. The van der Waals surface area contributed by atoms with E-state index in [-0.39, 0.29) is 11.1 Å². The molecule has 24 heavy (non-hydrogen) atoms. The first kappa shape index (κ1) is 18.1. The third-order valence-electron chi connectivity index (χ3n) is 5.67. The van der Waals surface area contributed by atoms with Crippen molar-refractivity contribution >= 4 is 8.32 Å². The Labute approximate surface area is 147 Å². The zero-order valence-electron chi connectivity index (χ0n) is 15.8. The fourth-order valence-electron chi connectivity index (χ4n) is 2.67. The summed E-state index contributed by atoms with van der Waals surface area (Å²) in [7, 11) is -1.74. The van der Waals surface area contributed by atoms with Crippen LogP contribution in [0.25, 0.3) is 0 Å². The summed E-state index contributed by atoms with van der Waals surface area (Å²) < 4.78 is 18.0. The Morgan fingerprint density at radius 2 is 1.88 bits per heavy atom. The van der Waals surface area contributed by atoms with Gasteiger partial charge in [-0.3, -0.25) is 0 Å². The molecule has 3 rings (SSSR count). The maximum absolute atomic E-state index is 6.47. The largest absolute Gasteiger partial charge is 0.413 e. The molecule has 2 aliphatic rings. The average molecular weight is 349 g/mol. The summed E-state index contributed by atoms with van der Waals surface area (Å²) in [6.45, 7) is 13.8. The van der Waals surface area contributed by atoms with Gasteiger partial charge in [0.1, 0.15) is 6.10 Å². The predicted molar refractivity (Wildman–Crippen MR) is 99.6 cm³/mol. The van der Waals surface area contributed by atoms with Gasteiger partial charge in [0, 0.05) is 0 Å². The van der Waals surface area contributed by atoms with E-state index in [0.29, 0.717) is 18.6 Å². The highest BCUT2D eigenvalue weighted by Gasteiger charge is 2.38. The van der Waals surface area contributed by atoms with Crippen molar-refractivity contribution in [2.45, 2.75) is 70.6 Å². The minimum atomic E-state index is -1.74. The fourth-order valence-corrected chi connectivity index (χ4v) is 3.62. The van der Waals surface area contributed by atoms with Gasteiger partial charge in [0.25, 0.3) is 0 Å². The van der Waals surface area contributed by atoms with Gasteiger partial charge >= 0.3 is 0 Å². The molecule has 3 nitrogen and oxygen atoms in total. The Bertz CT molecular complexity index is 556. The van der Waals surface area contributed by atoms with E-state index >= 15 is 0 Å². The average Bonchev–Trinajstić information content (AvgIpc) is 3.39. The molecule has 0 N–H and O–H groups in total. The van der Waals surface area contributed by atoms with Gasteiger partial charge in [-0.25, -0.2) is 0 Å². The van der Waals surface area contributed by atoms with Gasteiger partial charge in [0.15, 0.2) is 8.32 Å². The summed E-state index contributed by atoms with van der Waals surface area (Å²) in [6, 6.07) is 8.66. The van der Waals surface area contributed by atoms with Crippen molar-refractivity contribution < 1.29 is 13.9 Å². The lowest BCUT2D eigenvalue weighted by molar-refractivity contribution is 0.0263. The second-order valence-corrected chi connectivity index (χ2v) is 13.6. The number of hydrogen-bond acceptors (Lipinski definition) is 3. The molecule has 2 unspecified atom stereocenters. The summed E-state index contributed by atoms with van der Waals surface area (Å²) in [6.07, 6.45) is 3.07. The quantitative estimate of drug-likeness (QED) is 0.485. The lowest BCUT2D eigenvalue weighted by Crippen LogP contribution is -2.40. The Morgan fingerprint density at radius 1 is 1.21 bits per heavy atom. The standard InChI is InChI=1S/C20H32O3Si/c1-20(2,3)24(4,5)23-12-16-8-6-7-9-18(16)19(15-10-11-15)22-14-17-13-21-17/h6-9,15,17,19H,10-14H2,1-5H3. The Morgan fingerprint density at radius 3 is 2.46 bits per heavy atom. The highest BCUT2D eigenvalue weighted by Crippen LogP contribution is 2.45. The summed E-state index contributed by atoms with van der Waals surface area (Å²) >= 11 is 0. The first-order valence-corrected chi connectivity index (χ1v) is 12.1. The van der Waals surface area contributed by atoms with Crippen LogP contribution in [-0.2, 0) is 20.5 Å². The topological polar surface area (TPSA) is 31.0 Å². The van der Waals surface area contributed by atoms with E-state index in [2.05, 4.69) is 58.1 Å². The Kier molecular flexibility index (Phi) is 5.21. The molecule has 0 aromatic heterocycles. The molecule has 0 amide bonds. The molecule has 1 aliphatic heterocycles. The molecule has 2 fully saturated rings. The van der Waals surface area contributed by atoms with Crippen molar-refractivity contribution in [3.63, 3.8) is 0 Å². The second-order valence-electron chi connectivity index (χ2n) is 8.79. The molecule has 1 saturated heterocycles. The van der Waals surface area contributed by atoms with Crippen LogP contribution in [0.1, 0.15) is 50.8 Å². The first-order chi connectivity index (χ1) is 11.3. The minimum absolute atomic E-state index is 0.202. The van der Waals surface area contributed by atoms with Crippen molar-refractivity contribution in [3.05, 3.63) is 35.4 Å². The van der Waals surface area contributed by atoms with Crippen LogP contribution in [0, 0.1) is 5.92 Å². The molecule has 0 radical (unpaired) electrons. The van der Waals surface area contributed by atoms with Gasteiger partial charge < -0.3 is 13.9 Å². The highest BCUT2D eigenvalue weighted by molar-refractivity contribution is 6.74. The molecule has 2 atom stereocenters. The number of benzene rings is 1. The normalized spacial score (nSPS) is 22.5. The third-order valence-corrected chi connectivity index (χ3v) is 10.1. The van der Waals surface area contributed by atoms with Crippen LogP contribution < -0.4 is 0 Å². The van der Waals surface area contributed by atoms with Crippen molar-refractivity contribution in [3.8, 4) is 0 Å². The highest BCUT2D eigenvalue weighted by atomic mass is 28.4. The van der Waals surface area contributed by atoms with Crippen LogP contribution in [0.4, 0.5) is 0 Å². The van der Waals surface area contributed by atoms with Crippen LogP contribution in [0.3, 0.4) is 0 Å². The summed E-state index contributed by atoms with van der Waals surface area (Å²) in [5, 5.41) is 0.234. The smallest absolute Gasteiger partial charge is 0.192 e. The predicted octanol–water partition coefficient (Wildman–Crippen LogP) is 5.07. The minimum Gasteiger partial charge on any atom is -0.413 e. The van der Waals surface area contributed by atoms with Gasteiger partial charge in [-0.15, -0.1) is 0 Å².